The summed E-state index contributed by atoms with van der Waals surface area (Å²) in [7, 11) is 2.59. The molecule has 8 rings (SSSR count). The summed E-state index contributed by atoms with van der Waals surface area (Å²) in [5.74, 6) is 1.08. The Morgan fingerprint density at radius 1 is 0.833 bits per heavy atom. The van der Waals surface area contributed by atoms with Gasteiger partial charge in [-0.1, -0.05) is 12.1 Å². The predicted octanol–water partition coefficient (Wildman–Crippen LogP) is 2.22. The second-order valence-corrected chi connectivity index (χ2v) is 11.0. The molecule has 48 heavy (non-hydrogen) atoms. The highest BCUT2D eigenvalue weighted by Gasteiger charge is 2.41. The normalized spacial score (nSPS) is 17.7. The van der Waals surface area contributed by atoms with Crippen LogP contribution in [0.1, 0.15) is 34.1 Å². The van der Waals surface area contributed by atoms with Crippen molar-refractivity contribution < 1.29 is 23.9 Å². The maximum Gasteiger partial charge on any atom is 0.376 e. The Bertz CT molecular complexity index is 1780. The summed E-state index contributed by atoms with van der Waals surface area (Å²) in [6.45, 7) is 3.54. The molecule has 0 aliphatic carbocycles. The van der Waals surface area contributed by atoms with Crippen molar-refractivity contribution in [2.45, 2.75) is 24.9 Å². The topological polar surface area (TPSA) is 207 Å². The minimum Gasteiger partial charge on any atom is -0.463 e. The van der Waals surface area contributed by atoms with Crippen molar-refractivity contribution in [3.63, 3.8) is 0 Å². The molecule has 2 amide bonds. The smallest absolute Gasteiger partial charge is 0.376 e. The Balaban J connectivity index is 0.000000148. The first kappa shape index (κ1) is 31.8. The van der Waals surface area contributed by atoms with Crippen LogP contribution in [-0.2, 0) is 9.47 Å². The molecule has 2 atom stereocenters. The third kappa shape index (κ3) is 6.84. The molecule has 4 aliphatic heterocycles. The molecule has 2 fully saturated rings. The summed E-state index contributed by atoms with van der Waals surface area (Å²) < 4.78 is 9.27. The van der Waals surface area contributed by atoms with Crippen LogP contribution >= 0.6 is 0 Å². The van der Waals surface area contributed by atoms with Gasteiger partial charge in [-0.3, -0.25) is 10.2 Å². The average Bonchev–Trinajstić information content (AvgIpc) is 3.72. The zero-order valence-corrected chi connectivity index (χ0v) is 26.3. The van der Waals surface area contributed by atoms with Crippen LogP contribution in [0.4, 0.5) is 39.4 Å². The Kier molecular flexibility index (Phi) is 9.35. The number of hydrogen-bond acceptors (Lipinski definition) is 15. The molecule has 4 N–H and O–H groups in total. The summed E-state index contributed by atoms with van der Waals surface area (Å²) >= 11 is 0. The Morgan fingerprint density at radius 3 is 2.15 bits per heavy atom. The number of hydrogen-bond donors (Lipinski definition) is 3. The van der Waals surface area contributed by atoms with Crippen LogP contribution < -0.4 is 31.1 Å². The molecule has 0 spiro atoms. The maximum atomic E-state index is 12.8. The lowest BCUT2D eigenvalue weighted by molar-refractivity contribution is 0.0578. The Morgan fingerprint density at radius 2 is 1.50 bits per heavy atom. The minimum atomic E-state index is -0.638. The van der Waals surface area contributed by atoms with E-state index in [0.29, 0.717) is 30.0 Å². The number of amides is 2. The number of carbonyl (C=O) groups is 3. The van der Waals surface area contributed by atoms with Crippen LogP contribution in [0.3, 0.4) is 0 Å². The standard InChI is InChI=1S/C16H16N6O3.C10H12N4O2.C5H6N2/c1-25-15(23)13-18-8-11-14(20-13)22(10-5-7-21(11)9-10)16(24)19-12-4-2-3-6-17-12;1-16-10(15)9-11-4-7-8(13-9)12-6-2-3-14(7)5-6;6-5-3-1-2-4-7-5/h2-4,6,8,10H,5,7,9H2,1H3,(H,17,19,24);4,6H,2-3,5H2,1H3,(H,11,12,13);1-4H,(H2,6,7)/t10-;6-;/m00./s1. The van der Waals surface area contributed by atoms with E-state index in [9.17, 15) is 14.4 Å². The minimum absolute atomic E-state index is 0.0170. The van der Waals surface area contributed by atoms with Gasteiger partial charge in [0.05, 0.1) is 44.0 Å². The van der Waals surface area contributed by atoms with E-state index >= 15 is 0 Å². The van der Waals surface area contributed by atoms with Crippen LogP contribution in [0, 0.1) is 0 Å². The third-order valence-corrected chi connectivity index (χ3v) is 8.03. The van der Waals surface area contributed by atoms with Crippen LogP contribution in [-0.4, -0.2) is 100 Å². The number of nitrogens with two attached hydrogens (primary N) is 1. The van der Waals surface area contributed by atoms with E-state index in [2.05, 4.69) is 59.8 Å². The summed E-state index contributed by atoms with van der Waals surface area (Å²) in [6, 6.07) is 10.8. The van der Waals surface area contributed by atoms with Crippen molar-refractivity contribution in [3.05, 3.63) is 72.8 Å². The second-order valence-electron chi connectivity index (χ2n) is 11.0. The summed E-state index contributed by atoms with van der Waals surface area (Å²) in [6.07, 6.45) is 8.44. The molecule has 8 heterocycles. The highest BCUT2D eigenvalue weighted by molar-refractivity contribution is 6.04. The van der Waals surface area contributed by atoms with E-state index in [4.69, 9.17) is 5.73 Å². The molecule has 17 heteroatoms. The van der Waals surface area contributed by atoms with Gasteiger partial charge in [-0.25, -0.2) is 44.3 Å². The molecule has 2 saturated heterocycles. The third-order valence-electron chi connectivity index (χ3n) is 8.03. The van der Waals surface area contributed by atoms with E-state index in [0.717, 1.165) is 49.7 Å². The van der Waals surface area contributed by atoms with Gasteiger partial charge >= 0.3 is 18.0 Å². The monoisotopic (exact) mass is 654 g/mol. The second kappa shape index (κ2) is 14.1. The van der Waals surface area contributed by atoms with Gasteiger partial charge in [0.1, 0.15) is 11.6 Å². The number of nitrogens with one attached hydrogen (secondary N) is 2. The highest BCUT2D eigenvalue weighted by Crippen LogP contribution is 2.38. The van der Waals surface area contributed by atoms with Gasteiger partial charge in [0.15, 0.2) is 11.6 Å². The molecule has 0 radical (unpaired) electrons. The molecule has 17 nitrogen and oxygen atoms in total. The molecule has 0 saturated carbocycles. The van der Waals surface area contributed by atoms with Gasteiger partial charge in [0.2, 0.25) is 11.6 Å². The number of carbonyl (C=O) groups excluding carboxylic acids is 3. The van der Waals surface area contributed by atoms with E-state index in [-0.39, 0.29) is 23.7 Å². The van der Waals surface area contributed by atoms with E-state index < -0.39 is 11.9 Å². The lowest BCUT2D eigenvalue weighted by Gasteiger charge is -2.35. The van der Waals surface area contributed by atoms with E-state index in [1.807, 2.05) is 12.1 Å². The predicted molar refractivity (Wildman–Crippen MR) is 176 cm³/mol. The number of fused-ring (bicyclic) bond motifs is 8. The van der Waals surface area contributed by atoms with Gasteiger partial charge in [-0.05, 0) is 37.1 Å². The fraction of sp³-hybridized carbons (Fsp3) is 0.323. The molecule has 0 aromatic carbocycles. The van der Waals surface area contributed by atoms with Crippen molar-refractivity contribution in [2.75, 3.05) is 71.5 Å². The number of pyridine rings is 2. The SMILES string of the molecule is COC(=O)c1ncc2c(n1)N(C(=O)Nc1ccccn1)[C@H]1CCN2C1.COC(=O)c1ncc2c(n1)N[C@H]1CCN2C1.Nc1ccccn1. The summed E-state index contributed by atoms with van der Waals surface area (Å²) in [4.78, 5) is 66.2. The van der Waals surface area contributed by atoms with Crippen molar-refractivity contribution >= 4 is 52.6 Å². The van der Waals surface area contributed by atoms with E-state index in [1.54, 1.807) is 54.0 Å². The number of urea groups is 1. The van der Waals surface area contributed by atoms with E-state index in [1.165, 1.54) is 14.2 Å². The van der Waals surface area contributed by atoms with Gasteiger partial charge in [-0.2, -0.15) is 0 Å². The summed E-state index contributed by atoms with van der Waals surface area (Å²) in [5.41, 5.74) is 6.95. The quantitative estimate of drug-likeness (QED) is 0.271. The first-order valence-corrected chi connectivity index (χ1v) is 15.2. The Labute approximate surface area is 275 Å². The molecule has 248 valence electrons. The molecule has 4 aromatic heterocycles. The maximum absolute atomic E-state index is 12.8. The number of nitrogens with zero attached hydrogens (tertiary/aromatic N) is 9. The van der Waals surface area contributed by atoms with Gasteiger partial charge in [-0.15, -0.1) is 0 Å². The van der Waals surface area contributed by atoms with Gasteiger partial charge in [0, 0.05) is 44.6 Å². The largest absolute Gasteiger partial charge is 0.463 e. The molecular weight excluding hydrogens is 620 g/mol. The number of rotatable bonds is 3. The fourth-order valence-electron chi connectivity index (χ4n) is 5.74. The van der Waals surface area contributed by atoms with Crippen molar-refractivity contribution in [2.24, 2.45) is 0 Å². The van der Waals surface area contributed by atoms with Crippen LogP contribution in [0.15, 0.2) is 61.2 Å². The number of ether oxygens (including phenoxy) is 2. The van der Waals surface area contributed by atoms with Crippen LogP contribution in [0.25, 0.3) is 0 Å². The Hall–Kier alpha value is -6.13. The number of aromatic nitrogens is 6. The molecular formula is C31H34N12O5. The number of esters is 2. The van der Waals surface area contributed by atoms with Gasteiger partial charge < -0.3 is 30.3 Å². The number of methoxy groups -OCH3 is 2. The molecule has 4 bridgehead atoms. The average molecular weight is 655 g/mol. The summed E-state index contributed by atoms with van der Waals surface area (Å²) in [5, 5.41) is 6.09. The first-order valence-electron chi connectivity index (χ1n) is 15.2. The first-order chi connectivity index (χ1) is 23.3. The van der Waals surface area contributed by atoms with Crippen LogP contribution in [0.2, 0.25) is 0 Å². The van der Waals surface area contributed by atoms with Crippen molar-refractivity contribution in [1.29, 1.82) is 0 Å². The molecule has 0 unspecified atom stereocenters. The van der Waals surface area contributed by atoms with Crippen LogP contribution in [0.5, 0.6) is 0 Å². The number of anilines is 6. The number of nitrogen functional groups attached to an aromatic ring is 1. The fourth-order valence-corrected chi connectivity index (χ4v) is 5.74. The van der Waals surface area contributed by atoms with Gasteiger partial charge in [0.25, 0.3) is 0 Å². The molecule has 4 aromatic rings. The zero-order chi connectivity index (χ0) is 33.6. The lowest BCUT2D eigenvalue weighted by atomic mass is 10.2. The van der Waals surface area contributed by atoms with Crippen molar-refractivity contribution in [1.82, 2.24) is 29.9 Å². The molecule has 4 aliphatic rings. The zero-order valence-electron chi connectivity index (χ0n) is 26.3. The highest BCUT2D eigenvalue weighted by atomic mass is 16.5. The van der Waals surface area contributed by atoms with Crippen molar-refractivity contribution in [3.8, 4) is 0 Å². The lowest BCUT2D eigenvalue weighted by Crippen LogP contribution is -2.48.